The molecule has 3 heteroatoms. The summed E-state index contributed by atoms with van der Waals surface area (Å²) in [4.78, 5) is 2.50. The molecule has 3 aromatic carbocycles. The molecule has 0 radical (unpaired) electrons. The van der Waals surface area contributed by atoms with Crippen molar-refractivity contribution in [1.82, 2.24) is 9.47 Å². The molecule has 1 fully saturated rings. The van der Waals surface area contributed by atoms with E-state index in [-0.39, 0.29) is 11.9 Å². The quantitative estimate of drug-likeness (QED) is 0.473. The fourth-order valence-electron chi connectivity index (χ4n) is 4.20. The van der Waals surface area contributed by atoms with Gasteiger partial charge in [0.15, 0.2) is 0 Å². The van der Waals surface area contributed by atoms with Crippen LogP contribution in [0.3, 0.4) is 0 Å². The summed E-state index contributed by atoms with van der Waals surface area (Å²) in [6.07, 6.45) is 2.09. The summed E-state index contributed by atoms with van der Waals surface area (Å²) in [5.74, 6) is -0.176. The lowest BCUT2D eigenvalue weighted by Crippen LogP contribution is -2.49. The topological polar surface area (TPSA) is 8.17 Å². The molecular formula is C24H21FN2. The highest BCUT2D eigenvalue weighted by Gasteiger charge is 2.35. The van der Waals surface area contributed by atoms with Crippen molar-refractivity contribution < 1.29 is 4.39 Å². The van der Waals surface area contributed by atoms with E-state index in [0.29, 0.717) is 6.04 Å². The molecule has 2 nitrogen and oxygen atoms in total. The number of hydrogen-bond acceptors (Lipinski definition) is 1. The lowest BCUT2D eigenvalue weighted by atomic mass is 9.93. The van der Waals surface area contributed by atoms with Crippen molar-refractivity contribution in [3.63, 3.8) is 0 Å². The van der Waals surface area contributed by atoms with Crippen molar-refractivity contribution in [3.05, 3.63) is 108 Å². The zero-order valence-corrected chi connectivity index (χ0v) is 15.0. The normalized spacial score (nSPS) is 15.3. The number of fused-ring (bicyclic) bond motifs is 1. The third kappa shape index (κ3) is 2.94. The van der Waals surface area contributed by atoms with Gasteiger partial charge in [-0.25, -0.2) is 4.39 Å². The van der Waals surface area contributed by atoms with Crippen LogP contribution in [0.15, 0.2) is 91.1 Å². The van der Waals surface area contributed by atoms with Gasteiger partial charge >= 0.3 is 0 Å². The van der Waals surface area contributed by atoms with Crippen LogP contribution in [-0.2, 0) is 0 Å². The molecule has 0 aliphatic carbocycles. The molecule has 134 valence electrons. The van der Waals surface area contributed by atoms with Crippen LogP contribution in [0.2, 0.25) is 0 Å². The van der Waals surface area contributed by atoms with Gasteiger partial charge in [-0.2, -0.15) is 0 Å². The first-order valence-electron chi connectivity index (χ1n) is 9.39. The van der Waals surface area contributed by atoms with Gasteiger partial charge in [0.1, 0.15) is 5.82 Å². The molecule has 4 aromatic rings. The zero-order chi connectivity index (χ0) is 18.2. The third-order valence-electron chi connectivity index (χ3n) is 5.57. The number of rotatable bonds is 4. The number of likely N-dealkylation sites (tertiary alicyclic amines) is 1. The van der Waals surface area contributed by atoms with Gasteiger partial charge in [-0.15, -0.1) is 0 Å². The van der Waals surface area contributed by atoms with Crippen molar-refractivity contribution in [2.45, 2.75) is 12.1 Å². The third-order valence-corrected chi connectivity index (χ3v) is 5.57. The molecule has 27 heavy (non-hydrogen) atoms. The van der Waals surface area contributed by atoms with Crippen LogP contribution in [0.4, 0.5) is 4.39 Å². The fourth-order valence-corrected chi connectivity index (χ4v) is 4.20. The number of nitrogens with zero attached hydrogens (tertiary/aromatic N) is 2. The summed E-state index contributed by atoms with van der Waals surface area (Å²) in [5.41, 5.74) is 3.60. The smallest absolute Gasteiger partial charge is 0.125 e. The van der Waals surface area contributed by atoms with Crippen LogP contribution < -0.4 is 0 Å². The monoisotopic (exact) mass is 356 g/mol. The van der Waals surface area contributed by atoms with Gasteiger partial charge in [-0.3, -0.25) is 4.90 Å². The van der Waals surface area contributed by atoms with E-state index in [1.807, 2.05) is 6.07 Å². The van der Waals surface area contributed by atoms with Crippen molar-refractivity contribution in [2.24, 2.45) is 0 Å². The van der Waals surface area contributed by atoms with Gasteiger partial charge < -0.3 is 4.57 Å². The summed E-state index contributed by atoms with van der Waals surface area (Å²) in [5, 5.41) is 1.09. The average molecular weight is 356 g/mol. The van der Waals surface area contributed by atoms with E-state index in [1.54, 1.807) is 6.07 Å². The lowest BCUT2D eigenvalue weighted by molar-refractivity contribution is 0.0775. The molecule has 0 amide bonds. The van der Waals surface area contributed by atoms with Gasteiger partial charge in [0.25, 0.3) is 0 Å². The zero-order valence-electron chi connectivity index (χ0n) is 15.0. The summed E-state index contributed by atoms with van der Waals surface area (Å²) >= 11 is 0. The van der Waals surface area contributed by atoms with E-state index in [0.717, 1.165) is 24.0 Å². The molecule has 0 spiro atoms. The largest absolute Gasteiger partial charge is 0.342 e. The minimum atomic E-state index is -0.176. The van der Waals surface area contributed by atoms with E-state index in [2.05, 4.69) is 82.4 Å². The Morgan fingerprint density at radius 3 is 2.04 bits per heavy atom. The van der Waals surface area contributed by atoms with E-state index < -0.39 is 0 Å². The van der Waals surface area contributed by atoms with Crippen molar-refractivity contribution in [2.75, 3.05) is 13.1 Å². The Balaban J connectivity index is 1.44. The Morgan fingerprint density at radius 2 is 1.41 bits per heavy atom. The van der Waals surface area contributed by atoms with Crippen LogP contribution in [-0.4, -0.2) is 22.6 Å². The van der Waals surface area contributed by atoms with Crippen LogP contribution in [0, 0.1) is 5.82 Å². The first kappa shape index (κ1) is 16.3. The Morgan fingerprint density at radius 1 is 0.778 bits per heavy atom. The average Bonchev–Trinajstić information content (AvgIpc) is 3.08. The number of halogens is 1. The van der Waals surface area contributed by atoms with Gasteiger partial charge in [-0.05, 0) is 40.8 Å². The summed E-state index contributed by atoms with van der Waals surface area (Å²) in [6.45, 7) is 1.91. The lowest BCUT2D eigenvalue weighted by Gasteiger charge is -2.45. The Hall–Kier alpha value is -2.91. The maximum Gasteiger partial charge on any atom is 0.125 e. The SMILES string of the molecule is Fc1ccc2ccn(C3CN(C(c4ccccc4)c4ccccc4)C3)c2c1. The molecule has 0 N–H and O–H groups in total. The minimum absolute atomic E-state index is 0.176. The van der Waals surface area contributed by atoms with Crippen LogP contribution in [0.1, 0.15) is 23.2 Å². The summed E-state index contributed by atoms with van der Waals surface area (Å²) in [7, 11) is 0. The van der Waals surface area contributed by atoms with Crippen LogP contribution in [0.25, 0.3) is 10.9 Å². The highest BCUT2D eigenvalue weighted by atomic mass is 19.1. The second-order valence-electron chi connectivity index (χ2n) is 7.26. The van der Waals surface area contributed by atoms with E-state index in [9.17, 15) is 4.39 Å². The van der Waals surface area contributed by atoms with Gasteiger partial charge in [0.2, 0.25) is 0 Å². The molecule has 0 bridgehead atoms. The van der Waals surface area contributed by atoms with Crippen molar-refractivity contribution in [3.8, 4) is 0 Å². The molecule has 0 atom stereocenters. The second kappa shape index (κ2) is 6.67. The maximum atomic E-state index is 13.7. The van der Waals surface area contributed by atoms with E-state index in [1.165, 1.54) is 17.2 Å². The molecule has 1 saturated heterocycles. The highest BCUT2D eigenvalue weighted by Crippen LogP contribution is 2.37. The molecule has 1 aliphatic rings. The second-order valence-corrected chi connectivity index (χ2v) is 7.26. The standard InChI is InChI=1S/C24H21FN2/c25-21-12-11-18-13-14-27(23(18)15-21)22-16-26(17-22)24(19-7-3-1-4-8-19)20-9-5-2-6-10-20/h1-15,22,24H,16-17H2. The molecular weight excluding hydrogens is 335 g/mol. The molecule has 0 saturated carbocycles. The van der Waals surface area contributed by atoms with Crippen LogP contribution in [0.5, 0.6) is 0 Å². The number of hydrogen-bond donors (Lipinski definition) is 0. The highest BCUT2D eigenvalue weighted by molar-refractivity contribution is 5.80. The van der Waals surface area contributed by atoms with Gasteiger partial charge in [-0.1, -0.05) is 60.7 Å². The molecule has 2 heterocycles. The Kier molecular flexibility index (Phi) is 4.02. The van der Waals surface area contributed by atoms with Gasteiger partial charge in [0.05, 0.1) is 17.6 Å². The van der Waals surface area contributed by atoms with Crippen molar-refractivity contribution in [1.29, 1.82) is 0 Å². The number of benzene rings is 3. The van der Waals surface area contributed by atoms with Crippen molar-refractivity contribution >= 4 is 10.9 Å². The maximum absolute atomic E-state index is 13.7. The minimum Gasteiger partial charge on any atom is -0.342 e. The predicted molar refractivity (Wildman–Crippen MR) is 107 cm³/mol. The Labute approximate surface area is 158 Å². The number of aromatic nitrogens is 1. The van der Waals surface area contributed by atoms with Crippen LogP contribution >= 0.6 is 0 Å². The van der Waals surface area contributed by atoms with Gasteiger partial charge in [0, 0.05) is 19.3 Å². The Bertz CT molecular complexity index is 1010. The molecule has 0 unspecified atom stereocenters. The van der Waals surface area contributed by atoms with E-state index in [4.69, 9.17) is 0 Å². The summed E-state index contributed by atoms with van der Waals surface area (Å²) < 4.78 is 15.9. The van der Waals surface area contributed by atoms with E-state index >= 15 is 0 Å². The fraction of sp³-hybridized carbons (Fsp3) is 0.167. The molecule has 5 rings (SSSR count). The predicted octanol–water partition coefficient (Wildman–Crippen LogP) is 5.43. The first-order valence-corrected chi connectivity index (χ1v) is 9.39. The first-order chi connectivity index (χ1) is 13.3. The molecule has 1 aliphatic heterocycles. The summed E-state index contributed by atoms with van der Waals surface area (Å²) in [6, 6.07) is 29.1. The molecule has 1 aromatic heterocycles.